The molecule has 1 unspecified atom stereocenters. The fraction of sp³-hybridized carbons (Fsp3) is 0.250. The summed E-state index contributed by atoms with van der Waals surface area (Å²) in [6, 6.07) is 8.50. The molecule has 0 saturated carbocycles. The van der Waals surface area contributed by atoms with Gasteiger partial charge in [0.1, 0.15) is 17.7 Å². The number of phenolic OH excluding ortho intramolecular Hbond substituents is 1. The zero-order valence-electron chi connectivity index (χ0n) is 14.9. The Balaban J connectivity index is 1.81. The highest BCUT2D eigenvalue weighted by molar-refractivity contribution is 5.87. The van der Waals surface area contributed by atoms with Gasteiger partial charge in [-0.15, -0.1) is 0 Å². The van der Waals surface area contributed by atoms with Crippen molar-refractivity contribution in [3.05, 3.63) is 59.8 Å². The monoisotopic (exact) mass is 370 g/mol. The molecule has 6 nitrogen and oxygen atoms in total. The molecule has 0 aliphatic carbocycles. The van der Waals surface area contributed by atoms with Crippen LogP contribution in [0.3, 0.4) is 0 Å². The average Bonchev–Trinajstić information content (AvgIpc) is 3.01. The Morgan fingerprint density at radius 2 is 2.15 bits per heavy atom. The van der Waals surface area contributed by atoms with Crippen LogP contribution in [0.15, 0.2) is 43.0 Å². The first kappa shape index (κ1) is 18.6. The van der Waals surface area contributed by atoms with Gasteiger partial charge in [0.05, 0.1) is 6.54 Å². The van der Waals surface area contributed by atoms with Crippen molar-refractivity contribution < 1.29 is 14.3 Å². The molecule has 27 heavy (non-hydrogen) atoms. The van der Waals surface area contributed by atoms with E-state index in [1.54, 1.807) is 36.4 Å². The number of nitrogens with two attached hydrogens (primary N) is 2. The van der Waals surface area contributed by atoms with Crippen molar-refractivity contribution in [1.29, 1.82) is 0 Å². The number of hydrogen-bond acceptors (Lipinski definition) is 4. The predicted molar refractivity (Wildman–Crippen MR) is 104 cm³/mol. The van der Waals surface area contributed by atoms with E-state index in [1.807, 2.05) is 0 Å². The summed E-state index contributed by atoms with van der Waals surface area (Å²) in [5.41, 5.74) is 14.3. The first-order valence-corrected chi connectivity index (χ1v) is 8.70. The highest BCUT2D eigenvalue weighted by Crippen LogP contribution is 2.33. The Kier molecular flexibility index (Phi) is 5.21. The van der Waals surface area contributed by atoms with Crippen LogP contribution in [0, 0.1) is 0 Å². The number of likely N-dealkylation sites (tertiary alicyclic amines) is 1. The summed E-state index contributed by atoms with van der Waals surface area (Å²) in [4.78, 5) is 16.2. The second kappa shape index (κ2) is 7.57. The van der Waals surface area contributed by atoms with Crippen molar-refractivity contribution in [3.8, 4) is 5.75 Å². The summed E-state index contributed by atoms with van der Waals surface area (Å²) >= 11 is 0. The topological polar surface area (TPSA) is 108 Å². The van der Waals surface area contributed by atoms with Crippen LogP contribution in [0.25, 0.3) is 11.8 Å². The van der Waals surface area contributed by atoms with Gasteiger partial charge in [-0.3, -0.25) is 4.79 Å². The van der Waals surface area contributed by atoms with Crippen LogP contribution < -0.4 is 11.5 Å². The SMILES string of the molecule is C=CC(=O)N1CC[C@H](c2cc(/C=C(\N)c3ccccc3O)c(N)[nH]2)C(F)C1. The van der Waals surface area contributed by atoms with Gasteiger partial charge in [0.25, 0.3) is 0 Å². The minimum Gasteiger partial charge on any atom is -0.507 e. The molecule has 142 valence electrons. The highest BCUT2D eigenvalue weighted by atomic mass is 19.1. The van der Waals surface area contributed by atoms with E-state index in [0.717, 1.165) is 0 Å². The van der Waals surface area contributed by atoms with E-state index >= 15 is 0 Å². The van der Waals surface area contributed by atoms with Gasteiger partial charge in [0.15, 0.2) is 0 Å². The lowest BCUT2D eigenvalue weighted by Gasteiger charge is -2.33. The number of aromatic amines is 1. The number of rotatable bonds is 4. The molecule has 2 atom stereocenters. The fourth-order valence-electron chi connectivity index (χ4n) is 3.38. The zero-order valence-corrected chi connectivity index (χ0v) is 14.9. The van der Waals surface area contributed by atoms with E-state index < -0.39 is 6.17 Å². The molecule has 7 heteroatoms. The lowest BCUT2D eigenvalue weighted by molar-refractivity contribution is -0.128. The van der Waals surface area contributed by atoms with E-state index in [4.69, 9.17) is 11.5 Å². The molecule has 2 aromatic rings. The Hall–Kier alpha value is -3.22. The van der Waals surface area contributed by atoms with Crippen LogP contribution in [0.1, 0.15) is 29.2 Å². The minimum absolute atomic E-state index is 0.0274. The van der Waals surface area contributed by atoms with Crippen LogP contribution in [0.4, 0.5) is 10.2 Å². The van der Waals surface area contributed by atoms with E-state index in [-0.39, 0.29) is 24.1 Å². The average molecular weight is 370 g/mol. The van der Waals surface area contributed by atoms with Gasteiger partial charge in [0, 0.05) is 35.0 Å². The lowest BCUT2D eigenvalue weighted by Crippen LogP contribution is -2.43. The minimum atomic E-state index is -1.20. The number of hydrogen-bond donors (Lipinski definition) is 4. The second-order valence-electron chi connectivity index (χ2n) is 6.61. The normalized spacial score (nSPS) is 20.5. The molecule has 3 rings (SSSR count). The van der Waals surface area contributed by atoms with Crippen molar-refractivity contribution in [3.63, 3.8) is 0 Å². The number of nitrogens with one attached hydrogen (secondary N) is 1. The lowest BCUT2D eigenvalue weighted by atomic mass is 9.91. The van der Waals surface area contributed by atoms with Gasteiger partial charge in [0.2, 0.25) is 5.91 Å². The molecule has 1 saturated heterocycles. The summed E-state index contributed by atoms with van der Waals surface area (Å²) in [5, 5.41) is 9.91. The van der Waals surface area contributed by atoms with Gasteiger partial charge < -0.3 is 26.5 Å². The van der Waals surface area contributed by atoms with Crippen LogP contribution in [-0.4, -0.2) is 40.2 Å². The molecule has 1 aromatic heterocycles. The first-order chi connectivity index (χ1) is 12.9. The molecule has 1 amide bonds. The number of para-hydroxylation sites is 1. The maximum atomic E-state index is 14.6. The van der Waals surface area contributed by atoms with E-state index in [2.05, 4.69) is 11.6 Å². The highest BCUT2D eigenvalue weighted by Gasteiger charge is 2.33. The van der Waals surface area contributed by atoms with Crippen LogP contribution in [-0.2, 0) is 4.79 Å². The molecule has 1 aliphatic heterocycles. The number of anilines is 1. The van der Waals surface area contributed by atoms with Crippen molar-refractivity contribution in [2.45, 2.75) is 18.5 Å². The van der Waals surface area contributed by atoms with Crippen molar-refractivity contribution in [1.82, 2.24) is 9.88 Å². The molecule has 1 aromatic carbocycles. The molecule has 2 heterocycles. The standard InChI is InChI=1S/C20H23FN4O2/c1-2-19(27)25-8-7-13(15(21)11-25)17-10-12(20(23)24-17)9-16(22)14-5-3-4-6-18(14)26/h2-6,9-10,13,15,24,26H,1,7-8,11,22-23H2/b16-9-/t13-,15?/m0/s1. The Labute approximate surface area is 157 Å². The van der Waals surface area contributed by atoms with E-state index in [0.29, 0.717) is 41.3 Å². The van der Waals surface area contributed by atoms with Gasteiger partial charge in [-0.1, -0.05) is 18.7 Å². The van der Waals surface area contributed by atoms with Gasteiger partial charge in [-0.25, -0.2) is 4.39 Å². The largest absolute Gasteiger partial charge is 0.507 e. The number of nitrogens with zero attached hydrogens (tertiary/aromatic N) is 1. The van der Waals surface area contributed by atoms with Crippen molar-refractivity contribution in [2.75, 3.05) is 18.8 Å². The van der Waals surface area contributed by atoms with Crippen LogP contribution >= 0.6 is 0 Å². The zero-order chi connectivity index (χ0) is 19.6. The van der Waals surface area contributed by atoms with Gasteiger partial charge in [-0.2, -0.15) is 0 Å². The Morgan fingerprint density at radius 3 is 2.81 bits per heavy atom. The fourth-order valence-corrected chi connectivity index (χ4v) is 3.38. The number of carbonyl (C=O) groups is 1. The molecule has 6 N–H and O–H groups in total. The Bertz CT molecular complexity index is 890. The maximum Gasteiger partial charge on any atom is 0.246 e. The smallest absolute Gasteiger partial charge is 0.246 e. The van der Waals surface area contributed by atoms with Crippen LogP contribution in [0.5, 0.6) is 5.75 Å². The van der Waals surface area contributed by atoms with Crippen molar-refractivity contribution in [2.24, 2.45) is 5.73 Å². The third-order valence-corrected chi connectivity index (χ3v) is 4.85. The first-order valence-electron chi connectivity index (χ1n) is 8.70. The molecule has 1 fully saturated rings. The maximum absolute atomic E-state index is 14.6. The number of aromatic hydroxyl groups is 1. The molecule has 1 aliphatic rings. The number of amides is 1. The number of piperidine rings is 1. The quantitative estimate of drug-likeness (QED) is 0.620. The Morgan fingerprint density at radius 1 is 1.41 bits per heavy atom. The number of aromatic nitrogens is 1. The summed E-state index contributed by atoms with van der Waals surface area (Å²) in [5.74, 6) is -0.195. The molecule has 0 spiro atoms. The number of H-pyrrole nitrogens is 1. The van der Waals surface area contributed by atoms with E-state index in [1.165, 1.54) is 11.0 Å². The number of phenols is 1. The van der Waals surface area contributed by atoms with Gasteiger partial charge in [-0.05, 0) is 36.8 Å². The summed E-state index contributed by atoms with van der Waals surface area (Å²) < 4.78 is 14.6. The number of nitrogen functional groups attached to an aromatic ring is 1. The molecule has 0 bridgehead atoms. The third kappa shape index (κ3) is 3.81. The number of halogens is 1. The summed E-state index contributed by atoms with van der Waals surface area (Å²) in [7, 11) is 0. The van der Waals surface area contributed by atoms with Crippen LogP contribution in [0.2, 0.25) is 0 Å². The number of carbonyl (C=O) groups excluding carboxylic acids is 1. The summed E-state index contributed by atoms with van der Waals surface area (Å²) in [6.45, 7) is 3.93. The number of alkyl halides is 1. The van der Waals surface area contributed by atoms with Gasteiger partial charge >= 0.3 is 0 Å². The molecule has 0 radical (unpaired) electrons. The molecular weight excluding hydrogens is 347 g/mol. The summed E-state index contributed by atoms with van der Waals surface area (Å²) in [6.07, 6.45) is 2.13. The second-order valence-corrected chi connectivity index (χ2v) is 6.61. The van der Waals surface area contributed by atoms with E-state index in [9.17, 15) is 14.3 Å². The van der Waals surface area contributed by atoms with Crippen molar-refractivity contribution >= 4 is 23.5 Å². The number of benzene rings is 1. The molecular formula is C20H23FN4O2. The predicted octanol–water partition coefficient (Wildman–Crippen LogP) is 2.60. The third-order valence-electron chi connectivity index (χ3n) is 4.85.